The molecule has 0 saturated heterocycles. The van der Waals surface area contributed by atoms with Crippen LogP contribution in [0.4, 0.5) is 0 Å². The molecule has 1 N–H and O–H groups in total. The predicted octanol–water partition coefficient (Wildman–Crippen LogP) is 1.50. The number of thiophene rings is 1. The van der Waals surface area contributed by atoms with Crippen LogP contribution < -0.4 is 0 Å². The Morgan fingerprint density at radius 3 is 2.58 bits per heavy atom. The van der Waals surface area contributed by atoms with Crippen LogP contribution in [-0.4, -0.2) is 53.5 Å². The molecule has 1 atom stereocenters. The summed E-state index contributed by atoms with van der Waals surface area (Å²) in [5, 5.41) is 13.0. The van der Waals surface area contributed by atoms with Crippen molar-refractivity contribution in [3.8, 4) is 0 Å². The first-order chi connectivity index (χ1) is 8.95. The normalized spacial score (nSPS) is 12.4. The van der Waals surface area contributed by atoms with Gasteiger partial charge in [-0.2, -0.15) is 11.3 Å². The highest BCUT2D eigenvalue weighted by Gasteiger charge is 2.23. The SMILES string of the molecule is CCC(C(=O)O)N(C)CC(=O)N(C)Cc1ccsc1. The van der Waals surface area contributed by atoms with Gasteiger partial charge in [-0.1, -0.05) is 6.92 Å². The topological polar surface area (TPSA) is 60.9 Å². The minimum Gasteiger partial charge on any atom is -0.480 e. The first-order valence-electron chi connectivity index (χ1n) is 6.13. The summed E-state index contributed by atoms with van der Waals surface area (Å²) in [4.78, 5) is 26.2. The van der Waals surface area contributed by atoms with E-state index >= 15 is 0 Å². The van der Waals surface area contributed by atoms with Crippen LogP contribution in [0, 0.1) is 0 Å². The monoisotopic (exact) mass is 284 g/mol. The predicted molar refractivity (Wildman–Crippen MR) is 75.1 cm³/mol. The zero-order valence-electron chi connectivity index (χ0n) is 11.5. The van der Waals surface area contributed by atoms with Crippen LogP contribution in [0.15, 0.2) is 16.8 Å². The average molecular weight is 284 g/mol. The summed E-state index contributed by atoms with van der Waals surface area (Å²) >= 11 is 1.59. The molecular formula is C13H20N2O3S. The maximum absolute atomic E-state index is 12.0. The van der Waals surface area contributed by atoms with E-state index in [0.29, 0.717) is 13.0 Å². The minimum absolute atomic E-state index is 0.0756. The molecule has 19 heavy (non-hydrogen) atoms. The number of carbonyl (C=O) groups is 2. The molecule has 0 fully saturated rings. The lowest BCUT2D eigenvalue weighted by atomic mass is 10.2. The Hall–Kier alpha value is -1.40. The lowest BCUT2D eigenvalue weighted by molar-refractivity contribution is -0.144. The van der Waals surface area contributed by atoms with Crippen LogP contribution in [0.3, 0.4) is 0 Å². The van der Waals surface area contributed by atoms with Crippen molar-refractivity contribution < 1.29 is 14.7 Å². The minimum atomic E-state index is -0.890. The average Bonchev–Trinajstić information content (AvgIpc) is 2.81. The fourth-order valence-corrected chi connectivity index (χ4v) is 2.52. The molecule has 0 spiro atoms. The Morgan fingerprint density at radius 2 is 2.11 bits per heavy atom. The molecule has 0 bridgehead atoms. The summed E-state index contributed by atoms with van der Waals surface area (Å²) in [5.41, 5.74) is 1.09. The van der Waals surface area contributed by atoms with Gasteiger partial charge in [0.25, 0.3) is 0 Å². The van der Waals surface area contributed by atoms with Gasteiger partial charge in [0.05, 0.1) is 6.54 Å². The zero-order valence-corrected chi connectivity index (χ0v) is 12.3. The van der Waals surface area contributed by atoms with Crippen LogP contribution in [-0.2, 0) is 16.1 Å². The first kappa shape index (κ1) is 15.7. The third-order valence-electron chi connectivity index (χ3n) is 3.01. The van der Waals surface area contributed by atoms with Crippen molar-refractivity contribution in [3.63, 3.8) is 0 Å². The van der Waals surface area contributed by atoms with Gasteiger partial charge in [-0.25, -0.2) is 0 Å². The van der Waals surface area contributed by atoms with Gasteiger partial charge < -0.3 is 10.0 Å². The number of hydrogen-bond acceptors (Lipinski definition) is 4. The Bertz CT molecular complexity index is 420. The molecule has 1 heterocycles. The highest BCUT2D eigenvalue weighted by Crippen LogP contribution is 2.09. The molecule has 6 heteroatoms. The second kappa shape index (κ2) is 7.25. The van der Waals surface area contributed by atoms with Crippen molar-refractivity contribution in [3.05, 3.63) is 22.4 Å². The number of likely N-dealkylation sites (N-methyl/N-ethyl adjacent to an activating group) is 2. The van der Waals surface area contributed by atoms with Gasteiger partial charge in [-0.15, -0.1) is 0 Å². The molecule has 1 amide bonds. The van der Waals surface area contributed by atoms with Gasteiger partial charge >= 0.3 is 5.97 Å². The molecule has 0 aliphatic heterocycles. The molecule has 0 saturated carbocycles. The van der Waals surface area contributed by atoms with E-state index in [4.69, 9.17) is 5.11 Å². The van der Waals surface area contributed by atoms with Gasteiger partial charge in [0.1, 0.15) is 6.04 Å². The number of carboxylic acid groups (broad SMARTS) is 1. The van der Waals surface area contributed by atoms with E-state index < -0.39 is 12.0 Å². The van der Waals surface area contributed by atoms with E-state index in [0.717, 1.165) is 5.56 Å². The summed E-state index contributed by atoms with van der Waals surface area (Å²) in [5.74, 6) is -0.966. The van der Waals surface area contributed by atoms with Crippen molar-refractivity contribution >= 4 is 23.2 Å². The third-order valence-corrected chi connectivity index (χ3v) is 3.75. The van der Waals surface area contributed by atoms with Crippen LogP contribution in [0.1, 0.15) is 18.9 Å². The number of nitrogens with zero attached hydrogens (tertiary/aromatic N) is 2. The number of amides is 1. The van der Waals surface area contributed by atoms with Crippen LogP contribution in [0.25, 0.3) is 0 Å². The van der Waals surface area contributed by atoms with E-state index in [1.165, 1.54) is 0 Å². The molecule has 0 radical (unpaired) electrons. The summed E-state index contributed by atoms with van der Waals surface area (Å²) < 4.78 is 0. The molecular weight excluding hydrogens is 264 g/mol. The van der Waals surface area contributed by atoms with Gasteiger partial charge in [0.15, 0.2) is 0 Å². The van der Waals surface area contributed by atoms with E-state index in [9.17, 15) is 9.59 Å². The highest BCUT2D eigenvalue weighted by molar-refractivity contribution is 7.07. The summed E-state index contributed by atoms with van der Waals surface area (Å²) in [6.07, 6.45) is 0.480. The van der Waals surface area contributed by atoms with E-state index in [-0.39, 0.29) is 12.5 Å². The van der Waals surface area contributed by atoms with Gasteiger partial charge in [0, 0.05) is 13.6 Å². The fraction of sp³-hybridized carbons (Fsp3) is 0.538. The molecule has 0 aromatic carbocycles. The second-order valence-electron chi connectivity index (χ2n) is 4.56. The molecule has 106 valence electrons. The van der Waals surface area contributed by atoms with Crippen molar-refractivity contribution in [1.29, 1.82) is 0 Å². The lowest BCUT2D eigenvalue weighted by Gasteiger charge is -2.25. The smallest absolute Gasteiger partial charge is 0.320 e. The highest BCUT2D eigenvalue weighted by atomic mass is 32.1. The van der Waals surface area contributed by atoms with E-state index in [1.807, 2.05) is 16.8 Å². The van der Waals surface area contributed by atoms with Crippen LogP contribution in [0.2, 0.25) is 0 Å². The maximum atomic E-state index is 12.0. The van der Waals surface area contributed by atoms with E-state index in [1.54, 1.807) is 42.2 Å². The number of aliphatic carboxylic acids is 1. The van der Waals surface area contributed by atoms with Crippen molar-refractivity contribution in [2.24, 2.45) is 0 Å². The second-order valence-corrected chi connectivity index (χ2v) is 5.34. The fourth-order valence-electron chi connectivity index (χ4n) is 1.86. The third kappa shape index (κ3) is 4.65. The number of carboxylic acids is 1. The molecule has 1 aromatic heterocycles. The zero-order chi connectivity index (χ0) is 14.4. The Kier molecular flexibility index (Phi) is 5.98. The number of hydrogen-bond donors (Lipinski definition) is 1. The van der Waals surface area contributed by atoms with E-state index in [2.05, 4.69) is 0 Å². The van der Waals surface area contributed by atoms with Crippen molar-refractivity contribution in [1.82, 2.24) is 9.80 Å². The van der Waals surface area contributed by atoms with Crippen LogP contribution >= 0.6 is 11.3 Å². The lowest BCUT2D eigenvalue weighted by Crippen LogP contribution is -2.44. The number of rotatable bonds is 7. The molecule has 1 aromatic rings. The maximum Gasteiger partial charge on any atom is 0.320 e. The molecule has 5 nitrogen and oxygen atoms in total. The Morgan fingerprint density at radius 1 is 1.42 bits per heavy atom. The van der Waals surface area contributed by atoms with Crippen molar-refractivity contribution in [2.45, 2.75) is 25.9 Å². The number of carbonyl (C=O) groups excluding carboxylic acids is 1. The van der Waals surface area contributed by atoms with Gasteiger partial charge in [-0.05, 0) is 35.9 Å². The first-order valence-corrected chi connectivity index (χ1v) is 7.08. The standard InChI is InChI=1S/C13H20N2O3S/c1-4-11(13(17)18)14(2)8-12(16)15(3)7-10-5-6-19-9-10/h5-6,9,11H,4,7-8H2,1-3H3,(H,17,18). The largest absolute Gasteiger partial charge is 0.480 e. The molecule has 0 aliphatic rings. The molecule has 0 aliphatic carbocycles. The molecule has 1 rings (SSSR count). The van der Waals surface area contributed by atoms with Crippen LogP contribution in [0.5, 0.6) is 0 Å². The Balaban J connectivity index is 2.51. The van der Waals surface area contributed by atoms with Crippen molar-refractivity contribution in [2.75, 3.05) is 20.6 Å². The summed E-state index contributed by atoms with van der Waals surface area (Å²) in [6.45, 7) is 2.47. The van der Waals surface area contributed by atoms with Gasteiger partial charge in [-0.3, -0.25) is 14.5 Å². The van der Waals surface area contributed by atoms with Gasteiger partial charge in [0.2, 0.25) is 5.91 Å². The molecule has 1 unspecified atom stereocenters. The Labute approximate surface area is 117 Å². The summed E-state index contributed by atoms with van der Waals surface area (Å²) in [7, 11) is 3.40. The summed E-state index contributed by atoms with van der Waals surface area (Å²) in [6, 6.07) is 1.36. The quantitative estimate of drug-likeness (QED) is 0.824.